The van der Waals surface area contributed by atoms with E-state index in [0.717, 1.165) is 32.7 Å². The molecule has 0 aliphatic rings. The standard InChI is InChI=1S/C24H20NOP/c1-19(23-18-10-12-20-11-8-9-17-24(20)23)25-27(26,21-13-4-2-5-14-21)22-15-6-3-7-16-22/h2-18H,1H3. The van der Waals surface area contributed by atoms with Gasteiger partial charge in [-0.25, -0.2) is 4.76 Å². The van der Waals surface area contributed by atoms with Crippen LogP contribution in [0.3, 0.4) is 0 Å². The van der Waals surface area contributed by atoms with Gasteiger partial charge in [0, 0.05) is 21.9 Å². The van der Waals surface area contributed by atoms with Crippen molar-refractivity contribution >= 4 is 34.4 Å². The summed E-state index contributed by atoms with van der Waals surface area (Å²) in [6.45, 7) is 1.94. The molecule has 0 bridgehead atoms. The first kappa shape index (κ1) is 17.5. The number of rotatable bonds is 4. The summed E-state index contributed by atoms with van der Waals surface area (Å²) in [4.78, 5) is 0. The largest absolute Gasteiger partial charge is 0.288 e. The number of hydrogen-bond acceptors (Lipinski definition) is 1. The van der Waals surface area contributed by atoms with Crippen LogP contribution >= 0.6 is 7.29 Å². The van der Waals surface area contributed by atoms with Crippen molar-refractivity contribution < 1.29 is 4.57 Å². The first-order valence-electron chi connectivity index (χ1n) is 8.95. The van der Waals surface area contributed by atoms with Crippen molar-refractivity contribution in [2.45, 2.75) is 6.92 Å². The zero-order valence-electron chi connectivity index (χ0n) is 15.1. The van der Waals surface area contributed by atoms with Gasteiger partial charge in [-0.1, -0.05) is 78.9 Å². The Labute approximate surface area is 159 Å². The van der Waals surface area contributed by atoms with Crippen molar-refractivity contribution in [3.05, 3.63) is 109 Å². The van der Waals surface area contributed by atoms with E-state index in [4.69, 9.17) is 4.76 Å². The van der Waals surface area contributed by atoms with Gasteiger partial charge in [0.05, 0.1) is 0 Å². The molecule has 0 amide bonds. The highest BCUT2D eigenvalue weighted by Gasteiger charge is 2.26. The van der Waals surface area contributed by atoms with Crippen molar-refractivity contribution in [3.63, 3.8) is 0 Å². The summed E-state index contributed by atoms with van der Waals surface area (Å²) in [5.41, 5.74) is 1.79. The summed E-state index contributed by atoms with van der Waals surface area (Å²) in [6, 6.07) is 33.4. The van der Waals surface area contributed by atoms with E-state index < -0.39 is 7.29 Å². The Morgan fingerprint density at radius 1 is 0.667 bits per heavy atom. The summed E-state index contributed by atoms with van der Waals surface area (Å²) in [7, 11) is -3.14. The van der Waals surface area contributed by atoms with Crippen LogP contribution in [0.4, 0.5) is 0 Å². The zero-order chi connectivity index (χ0) is 18.7. The van der Waals surface area contributed by atoms with Gasteiger partial charge in [0.15, 0.2) is 0 Å². The van der Waals surface area contributed by atoms with Crippen LogP contribution in [0.1, 0.15) is 12.5 Å². The number of benzene rings is 4. The lowest BCUT2D eigenvalue weighted by Crippen LogP contribution is -2.15. The minimum absolute atomic E-state index is 0.746. The maximum Gasteiger partial charge on any atom is 0.247 e. The van der Waals surface area contributed by atoms with Gasteiger partial charge in [0.25, 0.3) is 0 Å². The van der Waals surface area contributed by atoms with Crippen LogP contribution in [0, 0.1) is 0 Å². The second-order valence-electron chi connectivity index (χ2n) is 6.46. The predicted octanol–water partition coefficient (Wildman–Crippen LogP) is 5.58. The molecule has 2 nitrogen and oxygen atoms in total. The average molecular weight is 369 g/mol. The van der Waals surface area contributed by atoms with E-state index >= 15 is 0 Å². The van der Waals surface area contributed by atoms with Crippen molar-refractivity contribution in [3.8, 4) is 0 Å². The smallest absolute Gasteiger partial charge is 0.247 e. The Balaban J connectivity index is 1.93. The fourth-order valence-electron chi connectivity index (χ4n) is 3.33. The Bertz CT molecular complexity index is 1100. The van der Waals surface area contributed by atoms with Gasteiger partial charge in [-0.3, -0.25) is 4.57 Å². The molecule has 0 saturated carbocycles. The highest BCUT2D eigenvalue weighted by atomic mass is 31.2. The van der Waals surface area contributed by atoms with E-state index in [1.165, 1.54) is 0 Å². The topological polar surface area (TPSA) is 29.4 Å². The third kappa shape index (κ3) is 3.37. The molecule has 0 saturated heterocycles. The molecule has 0 unspecified atom stereocenters. The minimum Gasteiger partial charge on any atom is -0.288 e. The van der Waals surface area contributed by atoms with E-state index in [0.29, 0.717) is 0 Å². The molecule has 0 N–H and O–H groups in total. The summed E-state index contributed by atoms with van der Waals surface area (Å²) >= 11 is 0. The van der Waals surface area contributed by atoms with Crippen molar-refractivity contribution in [1.29, 1.82) is 0 Å². The molecule has 132 valence electrons. The molecule has 4 aromatic rings. The fourth-order valence-corrected chi connectivity index (χ4v) is 5.54. The van der Waals surface area contributed by atoms with E-state index in [1.807, 2.05) is 91.9 Å². The molecule has 4 aromatic carbocycles. The van der Waals surface area contributed by atoms with Gasteiger partial charge in [-0.2, -0.15) is 0 Å². The molecular weight excluding hydrogens is 349 g/mol. The van der Waals surface area contributed by atoms with Crippen LogP contribution in [-0.4, -0.2) is 5.71 Å². The van der Waals surface area contributed by atoms with Gasteiger partial charge in [-0.05, 0) is 42.0 Å². The average Bonchev–Trinajstić information content (AvgIpc) is 2.74. The highest BCUT2D eigenvalue weighted by molar-refractivity contribution is 7.77. The third-order valence-corrected chi connectivity index (χ3v) is 7.26. The highest BCUT2D eigenvalue weighted by Crippen LogP contribution is 2.45. The van der Waals surface area contributed by atoms with E-state index in [1.54, 1.807) is 0 Å². The first-order valence-corrected chi connectivity index (χ1v) is 10.6. The van der Waals surface area contributed by atoms with Gasteiger partial charge in [0.1, 0.15) is 0 Å². The van der Waals surface area contributed by atoms with E-state index in [9.17, 15) is 4.57 Å². The first-order chi connectivity index (χ1) is 13.2. The van der Waals surface area contributed by atoms with Gasteiger partial charge < -0.3 is 0 Å². The lowest BCUT2D eigenvalue weighted by molar-refractivity contribution is 0.588. The summed E-state index contributed by atoms with van der Waals surface area (Å²) < 4.78 is 19.0. The number of fused-ring (bicyclic) bond motifs is 1. The Morgan fingerprint density at radius 2 is 1.19 bits per heavy atom. The van der Waals surface area contributed by atoms with Crippen LogP contribution in [0.25, 0.3) is 10.8 Å². The van der Waals surface area contributed by atoms with Gasteiger partial charge >= 0.3 is 0 Å². The fraction of sp³-hybridized carbons (Fsp3) is 0.0417. The Morgan fingerprint density at radius 3 is 1.81 bits per heavy atom. The third-order valence-electron chi connectivity index (χ3n) is 4.68. The molecule has 3 heteroatoms. The van der Waals surface area contributed by atoms with E-state index in [2.05, 4.69) is 18.2 Å². The quantitative estimate of drug-likeness (QED) is 0.341. The van der Waals surface area contributed by atoms with Crippen molar-refractivity contribution in [2.75, 3.05) is 0 Å². The van der Waals surface area contributed by atoms with Crippen molar-refractivity contribution in [2.24, 2.45) is 4.76 Å². The molecule has 0 aliphatic carbocycles. The maximum absolute atomic E-state index is 14.1. The second kappa shape index (κ2) is 7.34. The zero-order valence-corrected chi connectivity index (χ0v) is 16.0. The normalized spacial score (nSPS) is 12.3. The molecule has 0 spiro atoms. The van der Waals surface area contributed by atoms with Crippen LogP contribution in [0.15, 0.2) is 108 Å². The second-order valence-corrected chi connectivity index (χ2v) is 8.84. The SMILES string of the molecule is CC(=NP(=O)(c1ccccc1)c1ccccc1)c1cccc2ccccc12. The van der Waals surface area contributed by atoms with Crippen LogP contribution in [-0.2, 0) is 4.57 Å². The lowest BCUT2D eigenvalue weighted by Gasteiger charge is -2.16. The van der Waals surface area contributed by atoms with Crippen molar-refractivity contribution in [1.82, 2.24) is 0 Å². The lowest BCUT2D eigenvalue weighted by atomic mass is 10.0. The predicted molar refractivity (Wildman–Crippen MR) is 116 cm³/mol. The maximum atomic E-state index is 14.1. The summed E-state index contributed by atoms with van der Waals surface area (Å²) in [5, 5.41) is 3.76. The molecule has 27 heavy (non-hydrogen) atoms. The van der Waals surface area contributed by atoms with Gasteiger partial charge in [-0.15, -0.1) is 0 Å². The van der Waals surface area contributed by atoms with Gasteiger partial charge in [0.2, 0.25) is 7.29 Å². The summed E-state index contributed by atoms with van der Waals surface area (Å²) in [5.74, 6) is 0. The monoisotopic (exact) mass is 369 g/mol. The number of nitrogens with zero attached hydrogens (tertiary/aromatic N) is 1. The minimum atomic E-state index is -3.14. The van der Waals surface area contributed by atoms with Crippen LogP contribution < -0.4 is 10.6 Å². The molecule has 0 atom stereocenters. The Hall–Kier alpha value is -2.96. The summed E-state index contributed by atoms with van der Waals surface area (Å²) in [6.07, 6.45) is 0. The molecule has 4 rings (SSSR count). The molecule has 0 fully saturated rings. The molecule has 0 heterocycles. The molecule has 0 aromatic heterocycles. The number of hydrogen-bond donors (Lipinski definition) is 0. The Kier molecular flexibility index (Phi) is 4.75. The van der Waals surface area contributed by atoms with Crippen LogP contribution in [0.2, 0.25) is 0 Å². The van der Waals surface area contributed by atoms with E-state index in [-0.39, 0.29) is 0 Å². The van der Waals surface area contributed by atoms with Crippen LogP contribution in [0.5, 0.6) is 0 Å². The molecule has 0 radical (unpaired) electrons. The molecule has 0 aliphatic heterocycles. The molecular formula is C24H20NOP.